The molecule has 1 N–H and O–H groups in total. The number of halogens is 3. The van der Waals surface area contributed by atoms with E-state index in [0.717, 1.165) is 36.8 Å². The van der Waals surface area contributed by atoms with Crippen LogP contribution in [-0.2, 0) is 6.54 Å². The molecule has 124 valence electrons. The van der Waals surface area contributed by atoms with E-state index in [1.807, 2.05) is 36.8 Å². The lowest BCUT2D eigenvalue weighted by Gasteiger charge is -2.15. The second-order valence-electron chi connectivity index (χ2n) is 4.74. The van der Waals surface area contributed by atoms with Crippen LogP contribution in [-0.4, -0.2) is 28.7 Å². The summed E-state index contributed by atoms with van der Waals surface area (Å²) in [4.78, 5) is 4.02. The molecule has 0 amide bonds. The number of rotatable bonds is 8. The van der Waals surface area contributed by atoms with Crippen molar-refractivity contribution in [3.63, 3.8) is 0 Å². The molecule has 0 saturated heterocycles. The van der Waals surface area contributed by atoms with Crippen LogP contribution in [0.3, 0.4) is 0 Å². The largest absolute Gasteiger partial charge is 0.489 e. The van der Waals surface area contributed by atoms with Crippen LogP contribution in [0.2, 0.25) is 5.02 Å². The van der Waals surface area contributed by atoms with Crippen molar-refractivity contribution in [1.82, 2.24) is 14.9 Å². The third-order valence-corrected chi connectivity index (χ3v) is 3.16. The normalized spacial score (nSPS) is 11.2. The van der Waals surface area contributed by atoms with Crippen molar-refractivity contribution in [2.75, 3.05) is 13.1 Å². The molecule has 0 fully saturated rings. The first-order valence-electron chi connectivity index (χ1n) is 6.83. The fraction of sp³-hybridized carbons (Fsp3) is 0.400. The molecule has 0 spiro atoms. The lowest BCUT2D eigenvalue weighted by atomic mass is 10.3. The highest BCUT2D eigenvalue weighted by Crippen LogP contribution is 2.16. The smallest absolute Gasteiger partial charge is 0.119 e. The van der Waals surface area contributed by atoms with E-state index in [4.69, 9.17) is 16.3 Å². The molecule has 2 aromatic rings. The maximum atomic E-state index is 5.83. The maximum absolute atomic E-state index is 5.83. The van der Waals surface area contributed by atoms with Gasteiger partial charge in [0.2, 0.25) is 0 Å². The van der Waals surface area contributed by atoms with Crippen LogP contribution in [0.15, 0.2) is 43.0 Å². The van der Waals surface area contributed by atoms with E-state index in [9.17, 15) is 0 Å². The summed E-state index contributed by atoms with van der Waals surface area (Å²) < 4.78 is 7.86. The van der Waals surface area contributed by atoms with Crippen LogP contribution in [0, 0.1) is 0 Å². The van der Waals surface area contributed by atoms with Gasteiger partial charge in [-0.3, -0.25) is 0 Å². The summed E-state index contributed by atoms with van der Waals surface area (Å²) in [6.07, 6.45) is 6.82. The summed E-state index contributed by atoms with van der Waals surface area (Å²) in [5.74, 6) is 0.849. The summed E-state index contributed by atoms with van der Waals surface area (Å²) in [5, 5.41) is 4.12. The Morgan fingerprint density at radius 2 is 2.00 bits per heavy atom. The maximum Gasteiger partial charge on any atom is 0.119 e. The highest BCUT2D eigenvalue weighted by atomic mass is 35.5. The van der Waals surface area contributed by atoms with Crippen molar-refractivity contribution in [2.24, 2.45) is 0 Å². The molecule has 7 heteroatoms. The molecule has 1 aromatic carbocycles. The second-order valence-corrected chi connectivity index (χ2v) is 5.18. The van der Waals surface area contributed by atoms with Crippen molar-refractivity contribution >= 4 is 36.4 Å². The Morgan fingerprint density at radius 3 is 2.64 bits per heavy atom. The average molecular weight is 367 g/mol. The van der Waals surface area contributed by atoms with Crippen molar-refractivity contribution in [3.05, 3.63) is 48.0 Å². The lowest BCUT2D eigenvalue weighted by molar-refractivity contribution is 0.217. The van der Waals surface area contributed by atoms with E-state index in [-0.39, 0.29) is 30.9 Å². The Labute approximate surface area is 149 Å². The Kier molecular flexibility index (Phi) is 11.1. The van der Waals surface area contributed by atoms with Crippen LogP contribution >= 0.6 is 36.4 Å². The van der Waals surface area contributed by atoms with Gasteiger partial charge in [0.05, 0.1) is 6.33 Å². The summed E-state index contributed by atoms with van der Waals surface area (Å²) in [6.45, 7) is 4.83. The van der Waals surface area contributed by atoms with Gasteiger partial charge in [0.1, 0.15) is 11.9 Å². The van der Waals surface area contributed by atoms with Crippen molar-refractivity contribution in [2.45, 2.75) is 26.0 Å². The molecule has 22 heavy (non-hydrogen) atoms. The predicted octanol–water partition coefficient (Wildman–Crippen LogP) is 3.83. The fourth-order valence-corrected chi connectivity index (χ4v) is 2.02. The zero-order chi connectivity index (χ0) is 14.2. The molecular weight excluding hydrogens is 345 g/mol. The van der Waals surface area contributed by atoms with E-state index >= 15 is 0 Å². The molecule has 1 aromatic heterocycles. The number of benzene rings is 1. The van der Waals surface area contributed by atoms with Gasteiger partial charge in [-0.25, -0.2) is 4.98 Å². The van der Waals surface area contributed by atoms with Gasteiger partial charge in [-0.2, -0.15) is 0 Å². The van der Waals surface area contributed by atoms with Crippen LogP contribution in [0.5, 0.6) is 5.75 Å². The molecule has 4 nitrogen and oxygen atoms in total. The van der Waals surface area contributed by atoms with E-state index < -0.39 is 0 Å². The summed E-state index contributed by atoms with van der Waals surface area (Å²) in [6, 6.07) is 7.44. The number of nitrogens with one attached hydrogen (secondary N) is 1. The molecule has 0 aliphatic carbocycles. The van der Waals surface area contributed by atoms with Gasteiger partial charge in [0.25, 0.3) is 0 Å². The Bertz CT molecular complexity index is 491. The zero-order valence-corrected chi connectivity index (χ0v) is 14.8. The van der Waals surface area contributed by atoms with Gasteiger partial charge in [0, 0.05) is 30.5 Å². The van der Waals surface area contributed by atoms with Crippen LogP contribution in [0.25, 0.3) is 0 Å². The third kappa shape index (κ3) is 7.90. The third-order valence-electron chi connectivity index (χ3n) is 2.91. The SMILES string of the molecule is CC(CNCCCn1ccnc1)Oc1ccc(Cl)cc1.Cl.Cl. The number of aromatic nitrogens is 2. The molecule has 0 bridgehead atoms. The number of hydrogen-bond donors (Lipinski definition) is 1. The van der Waals surface area contributed by atoms with Crippen LogP contribution < -0.4 is 10.1 Å². The summed E-state index contributed by atoms with van der Waals surface area (Å²) in [7, 11) is 0. The second kappa shape index (κ2) is 11.6. The van der Waals surface area contributed by atoms with E-state index in [2.05, 4.69) is 21.8 Å². The van der Waals surface area contributed by atoms with Crippen molar-refractivity contribution < 1.29 is 4.74 Å². The number of ether oxygens (including phenoxy) is 1. The minimum absolute atomic E-state index is 0. The molecule has 2 rings (SSSR count). The standard InChI is InChI=1S/C15H20ClN3O.2ClH/c1-13(20-15-5-3-14(16)4-6-15)11-17-7-2-9-19-10-8-18-12-19;;/h3-6,8,10,12-13,17H,2,7,9,11H2,1H3;2*1H. The lowest BCUT2D eigenvalue weighted by Crippen LogP contribution is -2.30. The van der Waals surface area contributed by atoms with Gasteiger partial charge >= 0.3 is 0 Å². The molecule has 1 unspecified atom stereocenters. The predicted molar refractivity (Wildman–Crippen MR) is 95.8 cm³/mol. The Balaban J connectivity index is 0.00000220. The van der Waals surface area contributed by atoms with E-state index in [1.54, 1.807) is 6.20 Å². The molecule has 0 aliphatic heterocycles. The monoisotopic (exact) mass is 365 g/mol. The van der Waals surface area contributed by atoms with Gasteiger partial charge in [-0.05, 0) is 44.2 Å². The first-order chi connectivity index (χ1) is 9.74. The van der Waals surface area contributed by atoms with Crippen molar-refractivity contribution in [1.29, 1.82) is 0 Å². The molecule has 0 aliphatic rings. The fourth-order valence-electron chi connectivity index (χ4n) is 1.90. The van der Waals surface area contributed by atoms with Crippen molar-refractivity contribution in [3.8, 4) is 5.75 Å². The molecule has 0 saturated carbocycles. The van der Waals surface area contributed by atoms with E-state index in [0.29, 0.717) is 0 Å². The molecule has 1 atom stereocenters. The zero-order valence-electron chi connectivity index (χ0n) is 12.4. The molecular formula is C15H22Cl3N3O. The summed E-state index contributed by atoms with van der Waals surface area (Å²) in [5.41, 5.74) is 0. The minimum Gasteiger partial charge on any atom is -0.489 e. The molecule has 1 heterocycles. The van der Waals surface area contributed by atoms with Crippen LogP contribution in [0.1, 0.15) is 13.3 Å². The number of hydrogen-bond acceptors (Lipinski definition) is 3. The first-order valence-corrected chi connectivity index (χ1v) is 7.20. The summed E-state index contributed by atoms with van der Waals surface area (Å²) >= 11 is 5.83. The number of aryl methyl sites for hydroxylation is 1. The van der Waals surface area contributed by atoms with Gasteiger partial charge in [-0.15, -0.1) is 24.8 Å². The van der Waals surface area contributed by atoms with Crippen LogP contribution in [0.4, 0.5) is 0 Å². The van der Waals surface area contributed by atoms with Gasteiger partial charge in [0.15, 0.2) is 0 Å². The first kappa shape index (κ1) is 21.1. The number of imidazole rings is 1. The molecule has 0 radical (unpaired) electrons. The van der Waals surface area contributed by atoms with Gasteiger partial charge < -0.3 is 14.6 Å². The Morgan fingerprint density at radius 1 is 1.27 bits per heavy atom. The average Bonchev–Trinajstić information content (AvgIpc) is 2.94. The highest BCUT2D eigenvalue weighted by molar-refractivity contribution is 6.30. The topological polar surface area (TPSA) is 39.1 Å². The Hall–Kier alpha value is -0.940. The van der Waals surface area contributed by atoms with Gasteiger partial charge in [-0.1, -0.05) is 11.6 Å². The minimum atomic E-state index is 0. The van der Waals surface area contributed by atoms with E-state index in [1.165, 1.54) is 0 Å². The highest BCUT2D eigenvalue weighted by Gasteiger charge is 2.03. The number of nitrogens with zero attached hydrogens (tertiary/aromatic N) is 2. The quantitative estimate of drug-likeness (QED) is 0.722.